The Hall–Kier alpha value is -1.55. The zero-order valence-corrected chi connectivity index (χ0v) is 11.0. The van der Waals surface area contributed by atoms with Crippen molar-refractivity contribution in [2.75, 3.05) is 19.7 Å². The molecule has 0 aromatic heterocycles. The van der Waals surface area contributed by atoms with Gasteiger partial charge in [0.1, 0.15) is 12.4 Å². The Bertz CT molecular complexity index is 443. The van der Waals surface area contributed by atoms with E-state index in [4.69, 9.17) is 10.5 Å². The fourth-order valence-electron chi connectivity index (χ4n) is 2.01. The average molecular weight is 248 g/mol. The minimum absolute atomic E-state index is 0.0882. The summed E-state index contributed by atoms with van der Waals surface area (Å²) in [5.41, 5.74) is 6.21. The van der Waals surface area contributed by atoms with E-state index in [0.717, 1.165) is 11.3 Å². The van der Waals surface area contributed by atoms with Crippen molar-refractivity contribution in [2.45, 2.75) is 20.4 Å². The quantitative estimate of drug-likeness (QED) is 0.860. The molecule has 1 aliphatic rings. The maximum Gasteiger partial charge on any atom is 0.229 e. The lowest BCUT2D eigenvalue weighted by Crippen LogP contribution is -2.45. The summed E-state index contributed by atoms with van der Waals surface area (Å²) in [5.74, 6) is 0.962. The van der Waals surface area contributed by atoms with Crippen LogP contribution in [0.1, 0.15) is 19.4 Å². The van der Waals surface area contributed by atoms with Crippen LogP contribution in [0.5, 0.6) is 5.75 Å². The van der Waals surface area contributed by atoms with Crippen LogP contribution in [0.4, 0.5) is 0 Å². The third-order valence-electron chi connectivity index (χ3n) is 3.33. The first-order valence-electron chi connectivity index (χ1n) is 6.25. The maximum absolute atomic E-state index is 12.4. The highest BCUT2D eigenvalue weighted by Gasteiger charge is 2.31. The number of nitrogens with two attached hydrogens (primary N) is 1. The molecule has 2 rings (SSSR count). The smallest absolute Gasteiger partial charge is 0.229 e. The maximum atomic E-state index is 12.4. The van der Waals surface area contributed by atoms with Gasteiger partial charge in [0.15, 0.2) is 0 Å². The van der Waals surface area contributed by atoms with Gasteiger partial charge in [-0.25, -0.2) is 0 Å². The SMILES string of the molecule is CC(C)(CN)C(=O)N1CCOc2ccccc2C1. The number of amides is 1. The van der Waals surface area contributed by atoms with Gasteiger partial charge in [0.05, 0.1) is 12.0 Å². The van der Waals surface area contributed by atoms with Crippen LogP contribution >= 0.6 is 0 Å². The lowest BCUT2D eigenvalue weighted by atomic mass is 9.91. The largest absolute Gasteiger partial charge is 0.491 e. The van der Waals surface area contributed by atoms with Gasteiger partial charge < -0.3 is 15.4 Å². The van der Waals surface area contributed by atoms with E-state index in [2.05, 4.69) is 0 Å². The molecule has 4 nitrogen and oxygen atoms in total. The normalized spacial score (nSPS) is 15.6. The number of carbonyl (C=O) groups excluding carboxylic acids is 1. The van der Waals surface area contributed by atoms with Gasteiger partial charge in [0, 0.05) is 18.7 Å². The number of benzene rings is 1. The number of fused-ring (bicyclic) bond motifs is 1. The Morgan fingerprint density at radius 3 is 2.89 bits per heavy atom. The summed E-state index contributed by atoms with van der Waals surface area (Å²) < 4.78 is 5.65. The summed E-state index contributed by atoms with van der Waals surface area (Å²) in [6.45, 7) is 5.85. The molecule has 0 saturated heterocycles. The molecule has 1 aliphatic heterocycles. The molecule has 0 atom stereocenters. The molecule has 18 heavy (non-hydrogen) atoms. The molecular formula is C14H20N2O2. The molecule has 0 saturated carbocycles. The van der Waals surface area contributed by atoms with Crippen LogP contribution in [0.3, 0.4) is 0 Å². The second kappa shape index (κ2) is 4.98. The highest BCUT2D eigenvalue weighted by molar-refractivity contribution is 5.82. The zero-order valence-electron chi connectivity index (χ0n) is 11.0. The van der Waals surface area contributed by atoms with Crippen LogP contribution in [0.15, 0.2) is 24.3 Å². The van der Waals surface area contributed by atoms with Crippen molar-refractivity contribution in [3.63, 3.8) is 0 Å². The van der Waals surface area contributed by atoms with Crippen LogP contribution in [0, 0.1) is 5.41 Å². The first kappa shape index (κ1) is 12.9. The van der Waals surface area contributed by atoms with Crippen molar-refractivity contribution in [3.8, 4) is 5.75 Å². The van der Waals surface area contributed by atoms with Crippen LogP contribution in [0.2, 0.25) is 0 Å². The van der Waals surface area contributed by atoms with E-state index in [9.17, 15) is 4.79 Å². The van der Waals surface area contributed by atoms with E-state index in [1.165, 1.54) is 0 Å². The third kappa shape index (κ3) is 2.48. The van der Waals surface area contributed by atoms with Gasteiger partial charge in [0.2, 0.25) is 5.91 Å². The summed E-state index contributed by atoms with van der Waals surface area (Å²) in [4.78, 5) is 14.2. The fourth-order valence-corrected chi connectivity index (χ4v) is 2.01. The minimum Gasteiger partial charge on any atom is -0.491 e. The lowest BCUT2D eigenvalue weighted by molar-refractivity contribution is -0.140. The molecule has 4 heteroatoms. The van der Waals surface area contributed by atoms with Crippen LogP contribution < -0.4 is 10.5 Å². The van der Waals surface area contributed by atoms with Crippen molar-refractivity contribution in [1.82, 2.24) is 4.90 Å². The predicted octanol–water partition coefficient (Wildman–Crippen LogP) is 1.39. The zero-order chi connectivity index (χ0) is 13.2. The minimum atomic E-state index is -0.515. The predicted molar refractivity (Wildman–Crippen MR) is 70.2 cm³/mol. The van der Waals surface area contributed by atoms with E-state index in [1.54, 1.807) is 0 Å². The van der Waals surface area contributed by atoms with Crippen LogP contribution in [0.25, 0.3) is 0 Å². The lowest BCUT2D eigenvalue weighted by Gasteiger charge is -2.29. The van der Waals surface area contributed by atoms with Crippen molar-refractivity contribution in [2.24, 2.45) is 11.1 Å². The number of para-hydroxylation sites is 1. The van der Waals surface area contributed by atoms with Crippen LogP contribution in [-0.4, -0.2) is 30.5 Å². The molecule has 0 bridgehead atoms. The Labute approximate surface area is 108 Å². The standard InChI is InChI=1S/C14H20N2O2/c1-14(2,10-15)13(17)16-7-8-18-12-6-4-3-5-11(12)9-16/h3-6H,7-10,15H2,1-2H3. The molecule has 0 unspecified atom stereocenters. The summed E-state index contributed by atoms with van der Waals surface area (Å²) >= 11 is 0. The fraction of sp³-hybridized carbons (Fsp3) is 0.500. The Morgan fingerprint density at radius 2 is 2.17 bits per heavy atom. The molecule has 1 aromatic carbocycles. The monoisotopic (exact) mass is 248 g/mol. The Balaban J connectivity index is 2.20. The first-order chi connectivity index (χ1) is 8.54. The third-order valence-corrected chi connectivity index (χ3v) is 3.33. The number of rotatable bonds is 2. The van der Waals surface area contributed by atoms with E-state index < -0.39 is 5.41 Å². The summed E-state index contributed by atoms with van der Waals surface area (Å²) in [7, 11) is 0. The molecule has 0 radical (unpaired) electrons. The topological polar surface area (TPSA) is 55.6 Å². The van der Waals surface area contributed by atoms with E-state index >= 15 is 0 Å². The van der Waals surface area contributed by atoms with Gasteiger partial charge in [-0.15, -0.1) is 0 Å². The first-order valence-corrected chi connectivity index (χ1v) is 6.25. The van der Waals surface area contributed by atoms with E-state index in [0.29, 0.717) is 26.2 Å². The van der Waals surface area contributed by atoms with E-state index in [-0.39, 0.29) is 5.91 Å². The molecule has 1 amide bonds. The average Bonchev–Trinajstić information content (AvgIpc) is 2.59. The van der Waals surface area contributed by atoms with Crippen molar-refractivity contribution < 1.29 is 9.53 Å². The molecule has 98 valence electrons. The highest BCUT2D eigenvalue weighted by atomic mass is 16.5. The van der Waals surface area contributed by atoms with Gasteiger partial charge in [-0.3, -0.25) is 4.79 Å². The Morgan fingerprint density at radius 1 is 1.44 bits per heavy atom. The molecule has 0 spiro atoms. The Kier molecular flexibility index (Phi) is 3.57. The molecule has 2 N–H and O–H groups in total. The number of ether oxygens (including phenoxy) is 1. The second-order valence-corrected chi connectivity index (χ2v) is 5.27. The van der Waals surface area contributed by atoms with Crippen molar-refractivity contribution >= 4 is 5.91 Å². The number of hydrogen-bond donors (Lipinski definition) is 1. The van der Waals surface area contributed by atoms with E-state index in [1.807, 2.05) is 43.0 Å². The van der Waals surface area contributed by atoms with Crippen molar-refractivity contribution in [1.29, 1.82) is 0 Å². The molecule has 1 aromatic rings. The molecular weight excluding hydrogens is 228 g/mol. The molecule has 1 heterocycles. The van der Waals surface area contributed by atoms with Crippen LogP contribution in [-0.2, 0) is 11.3 Å². The van der Waals surface area contributed by atoms with Gasteiger partial charge >= 0.3 is 0 Å². The molecule has 0 aliphatic carbocycles. The second-order valence-electron chi connectivity index (χ2n) is 5.27. The molecule has 0 fully saturated rings. The number of hydrogen-bond acceptors (Lipinski definition) is 3. The van der Waals surface area contributed by atoms with Gasteiger partial charge in [-0.1, -0.05) is 18.2 Å². The van der Waals surface area contributed by atoms with Gasteiger partial charge in [-0.05, 0) is 19.9 Å². The summed E-state index contributed by atoms with van der Waals surface area (Å²) in [6, 6.07) is 7.85. The summed E-state index contributed by atoms with van der Waals surface area (Å²) in [6.07, 6.45) is 0. The number of carbonyl (C=O) groups is 1. The van der Waals surface area contributed by atoms with Crippen molar-refractivity contribution in [3.05, 3.63) is 29.8 Å². The van der Waals surface area contributed by atoms with Gasteiger partial charge in [-0.2, -0.15) is 0 Å². The number of nitrogens with zero attached hydrogens (tertiary/aromatic N) is 1. The van der Waals surface area contributed by atoms with Gasteiger partial charge in [0.25, 0.3) is 0 Å². The highest BCUT2D eigenvalue weighted by Crippen LogP contribution is 2.25. The summed E-state index contributed by atoms with van der Waals surface area (Å²) in [5, 5.41) is 0.